The zero-order valence-electron chi connectivity index (χ0n) is 25.1. The van der Waals surface area contributed by atoms with Gasteiger partial charge in [-0.2, -0.15) is 0 Å². The first-order valence-corrected chi connectivity index (χ1v) is 16.6. The molecular formula is C34H34N2O6S2. The topological polar surface area (TPSA) is 93.2 Å². The van der Waals surface area contributed by atoms with E-state index in [0.717, 1.165) is 16.8 Å². The van der Waals surface area contributed by atoms with Crippen LogP contribution < -0.4 is 9.80 Å². The molecule has 0 spiro atoms. The van der Waals surface area contributed by atoms with Crippen molar-refractivity contribution in [2.75, 3.05) is 37.1 Å². The molecule has 0 bridgehead atoms. The summed E-state index contributed by atoms with van der Waals surface area (Å²) >= 11 is 1.77. The number of hydrogen-bond donors (Lipinski definition) is 0. The van der Waals surface area contributed by atoms with Crippen LogP contribution in [0.2, 0.25) is 0 Å². The number of nitrogens with zero attached hydrogens (tertiary/aromatic N) is 2. The second-order valence-corrected chi connectivity index (χ2v) is 13.2. The van der Waals surface area contributed by atoms with Gasteiger partial charge in [0.2, 0.25) is 9.84 Å². The SMILES string of the molecule is CCOC(=O)Cc1ccc2c(c1)N(C)c1ccccc1S2.CCOC(=O)Cc1ccc2c(c1)N(C)c1ccccc1S2(=O)=O. The molecule has 228 valence electrons. The number of benzene rings is 4. The summed E-state index contributed by atoms with van der Waals surface area (Å²) in [6.45, 7) is 4.33. The molecule has 0 radical (unpaired) electrons. The summed E-state index contributed by atoms with van der Waals surface area (Å²) in [5.41, 5.74) is 5.25. The Kier molecular flexibility index (Phi) is 9.31. The van der Waals surface area contributed by atoms with Crippen molar-refractivity contribution in [3.63, 3.8) is 0 Å². The highest BCUT2D eigenvalue weighted by molar-refractivity contribution is 7.99. The maximum atomic E-state index is 12.8. The number of fused-ring (bicyclic) bond motifs is 4. The highest BCUT2D eigenvalue weighted by Gasteiger charge is 2.32. The van der Waals surface area contributed by atoms with Gasteiger partial charge in [-0.1, -0.05) is 48.2 Å². The summed E-state index contributed by atoms with van der Waals surface area (Å²) < 4.78 is 35.5. The van der Waals surface area contributed by atoms with E-state index in [2.05, 4.69) is 42.3 Å². The van der Waals surface area contributed by atoms with Crippen LogP contribution in [0.15, 0.2) is 105 Å². The molecule has 4 aromatic rings. The fraction of sp³-hybridized carbons (Fsp3) is 0.235. The number of carbonyl (C=O) groups is 2. The highest BCUT2D eigenvalue weighted by Crippen LogP contribution is 2.47. The van der Waals surface area contributed by atoms with Crippen molar-refractivity contribution < 1.29 is 27.5 Å². The van der Waals surface area contributed by atoms with Crippen molar-refractivity contribution >= 4 is 56.3 Å². The van der Waals surface area contributed by atoms with Crippen LogP contribution in [-0.2, 0) is 41.7 Å². The summed E-state index contributed by atoms with van der Waals surface area (Å²) in [5.74, 6) is -0.502. The van der Waals surface area contributed by atoms with E-state index in [-0.39, 0.29) is 23.3 Å². The predicted octanol–water partition coefficient (Wildman–Crippen LogP) is 6.73. The standard InChI is InChI=1S/C17H17NO4S.C17H17NO2S/c1-3-22-17(19)11-12-8-9-16-14(10-12)18(2)13-6-4-5-7-15(13)23(16,20)21;1-3-20-17(19)11-12-8-9-16-14(10-12)18(2)13-6-4-5-7-15(13)21-16/h4-10H,3,11H2,1-2H3;4-10H,3,11H2,1-2H3. The van der Waals surface area contributed by atoms with Crippen molar-refractivity contribution in [1.82, 2.24) is 0 Å². The number of para-hydroxylation sites is 2. The summed E-state index contributed by atoms with van der Waals surface area (Å²) in [6.07, 6.45) is 0.442. The molecule has 0 aromatic heterocycles. The lowest BCUT2D eigenvalue weighted by molar-refractivity contribution is -0.143. The molecule has 8 nitrogen and oxygen atoms in total. The third-order valence-electron chi connectivity index (χ3n) is 7.33. The van der Waals surface area contributed by atoms with Crippen molar-refractivity contribution in [3.05, 3.63) is 96.1 Å². The van der Waals surface area contributed by atoms with Crippen LogP contribution in [0, 0.1) is 0 Å². The van der Waals surface area contributed by atoms with E-state index in [1.54, 1.807) is 61.2 Å². The molecule has 0 fully saturated rings. The summed E-state index contributed by atoms with van der Waals surface area (Å²) in [6, 6.07) is 26.4. The van der Waals surface area contributed by atoms with E-state index in [4.69, 9.17) is 9.47 Å². The van der Waals surface area contributed by atoms with Gasteiger partial charge in [-0.05, 0) is 73.5 Å². The van der Waals surface area contributed by atoms with Gasteiger partial charge in [-0.25, -0.2) is 8.42 Å². The van der Waals surface area contributed by atoms with Gasteiger partial charge in [0.15, 0.2) is 0 Å². The number of rotatable bonds is 6. The number of hydrogen-bond acceptors (Lipinski definition) is 9. The maximum absolute atomic E-state index is 12.8. The van der Waals surface area contributed by atoms with Crippen molar-refractivity contribution in [2.45, 2.75) is 46.3 Å². The summed E-state index contributed by atoms with van der Waals surface area (Å²) in [5, 5.41) is 0. The molecule has 0 unspecified atom stereocenters. The number of ether oxygens (including phenoxy) is 2. The lowest BCUT2D eigenvalue weighted by atomic mass is 10.1. The number of sulfone groups is 1. The molecule has 0 amide bonds. The molecule has 0 saturated heterocycles. The Morgan fingerprint density at radius 2 is 1.14 bits per heavy atom. The zero-order chi connectivity index (χ0) is 31.4. The second kappa shape index (κ2) is 13.2. The maximum Gasteiger partial charge on any atom is 0.310 e. The smallest absolute Gasteiger partial charge is 0.310 e. The molecule has 4 aromatic carbocycles. The highest BCUT2D eigenvalue weighted by atomic mass is 32.2. The van der Waals surface area contributed by atoms with Gasteiger partial charge < -0.3 is 19.3 Å². The minimum atomic E-state index is -3.55. The van der Waals surface area contributed by atoms with Crippen LogP contribution in [0.3, 0.4) is 0 Å². The van der Waals surface area contributed by atoms with Gasteiger partial charge in [0.1, 0.15) is 0 Å². The first-order valence-electron chi connectivity index (χ1n) is 14.3. The van der Waals surface area contributed by atoms with E-state index >= 15 is 0 Å². The van der Waals surface area contributed by atoms with Gasteiger partial charge in [-0.3, -0.25) is 9.59 Å². The number of esters is 2. The Labute approximate surface area is 262 Å². The third-order valence-corrected chi connectivity index (χ3v) is 10.3. The molecule has 2 aliphatic rings. The van der Waals surface area contributed by atoms with Crippen LogP contribution >= 0.6 is 11.8 Å². The Morgan fingerprint density at radius 3 is 1.80 bits per heavy atom. The molecule has 0 N–H and O–H groups in total. The summed E-state index contributed by atoms with van der Waals surface area (Å²) in [7, 11) is 0.333. The third kappa shape index (κ3) is 6.32. The van der Waals surface area contributed by atoms with E-state index < -0.39 is 9.84 Å². The van der Waals surface area contributed by atoms with Gasteiger partial charge in [0.25, 0.3) is 0 Å². The predicted molar refractivity (Wildman–Crippen MR) is 172 cm³/mol. The largest absolute Gasteiger partial charge is 0.466 e. The zero-order valence-corrected chi connectivity index (χ0v) is 26.7. The van der Waals surface area contributed by atoms with Crippen LogP contribution in [-0.4, -0.2) is 47.7 Å². The number of carbonyl (C=O) groups excluding carboxylic acids is 2. The molecule has 6 rings (SSSR count). The van der Waals surface area contributed by atoms with E-state index in [1.165, 1.54) is 15.5 Å². The van der Waals surface area contributed by atoms with E-state index in [1.807, 2.05) is 31.0 Å². The van der Waals surface area contributed by atoms with Crippen molar-refractivity contribution in [3.8, 4) is 0 Å². The first kappa shape index (κ1) is 31.2. The van der Waals surface area contributed by atoms with Gasteiger partial charge >= 0.3 is 11.9 Å². The fourth-order valence-electron chi connectivity index (χ4n) is 5.22. The van der Waals surface area contributed by atoms with Crippen molar-refractivity contribution in [2.24, 2.45) is 0 Å². The molecule has 0 atom stereocenters. The molecule has 0 aliphatic carbocycles. The van der Waals surface area contributed by atoms with Crippen LogP contribution in [0.4, 0.5) is 22.7 Å². The van der Waals surface area contributed by atoms with Crippen LogP contribution in [0.25, 0.3) is 0 Å². The average Bonchev–Trinajstić information content (AvgIpc) is 3.01. The quantitative estimate of drug-likeness (QED) is 0.215. The minimum Gasteiger partial charge on any atom is -0.466 e. The summed E-state index contributed by atoms with van der Waals surface area (Å²) in [4.78, 5) is 30.3. The normalized spacial score (nSPS) is 13.7. The Hall–Kier alpha value is -4.28. The molecule has 10 heteroatoms. The minimum absolute atomic E-state index is 0.122. The molecule has 44 heavy (non-hydrogen) atoms. The monoisotopic (exact) mass is 630 g/mol. The molecule has 2 heterocycles. The lowest BCUT2D eigenvalue weighted by Crippen LogP contribution is -2.22. The molecule has 2 aliphatic heterocycles. The number of anilines is 4. The Morgan fingerprint density at radius 1 is 0.636 bits per heavy atom. The van der Waals surface area contributed by atoms with Crippen molar-refractivity contribution in [1.29, 1.82) is 0 Å². The Balaban J connectivity index is 0.000000175. The van der Waals surface area contributed by atoms with Gasteiger partial charge in [0.05, 0.1) is 58.6 Å². The van der Waals surface area contributed by atoms with E-state index in [0.29, 0.717) is 35.9 Å². The van der Waals surface area contributed by atoms with E-state index in [9.17, 15) is 18.0 Å². The molecule has 0 saturated carbocycles. The first-order chi connectivity index (χ1) is 21.1. The molecular weight excluding hydrogens is 597 g/mol. The second-order valence-electron chi connectivity index (χ2n) is 10.2. The van der Waals surface area contributed by atoms with Gasteiger partial charge in [0, 0.05) is 23.9 Å². The average molecular weight is 631 g/mol. The Bertz CT molecular complexity index is 1820. The van der Waals surface area contributed by atoms with Gasteiger partial charge in [-0.15, -0.1) is 0 Å². The fourth-order valence-corrected chi connectivity index (χ4v) is 8.04. The van der Waals surface area contributed by atoms with Crippen LogP contribution in [0.1, 0.15) is 25.0 Å². The van der Waals surface area contributed by atoms with Crippen LogP contribution in [0.5, 0.6) is 0 Å². The lowest BCUT2D eigenvalue weighted by Gasteiger charge is -2.30.